The number of nitrogens with one attached hydrogen (secondary N) is 1. The van der Waals surface area contributed by atoms with Crippen LogP contribution in [0.2, 0.25) is 0 Å². The van der Waals surface area contributed by atoms with Gasteiger partial charge in [0.1, 0.15) is 0 Å². The van der Waals surface area contributed by atoms with Gasteiger partial charge in [-0.05, 0) is 51.6 Å². The van der Waals surface area contributed by atoms with E-state index >= 15 is 0 Å². The van der Waals surface area contributed by atoms with E-state index in [9.17, 15) is 0 Å². The second kappa shape index (κ2) is 5.71. The Kier molecular flexibility index (Phi) is 4.26. The molecule has 0 bridgehead atoms. The number of hydrogen-bond donors (Lipinski definition) is 2. The lowest BCUT2D eigenvalue weighted by Gasteiger charge is -2.34. The molecule has 0 amide bonds. The SMILES string of the molecule is CC1CCN([C@H](C)CN=C(N)NC2CC2)CC1. The van der Waals surface area contributed by atoms with Gasteiger partial charge in [0.15, 0.2) is 5.96 Å². The van der Waals surface area contributed by atoms with E-state index in [0.29, 0.717) is 18.0 Å². The monoisotopic (exact) mass is 238 g/mol. The Morgan fingerprint density at radius 1 is 1.35 bits per heavy atom. The molecule has 0 unspecified atom stereocenters. The Labute approximate surface area is 105 Å². The largest absolute Gasteiger partial charge is 0.370 e. The van der Waals surface area contributed by atoms with Crippen LogP contribution in [0.3, 0.4) is 0 Å². The smallest absolute Gasteiger partial charge is 0.188 e. The summed E-state index contributed by atoms with van der Waals surface area (Å²) >= 11 is 0. The number of nitrogens with two attached hydrogens (primary N) is 1. The summed E-state index contributed by atoms with van der Waals surface area (Å²) in [6.07, 6.45) is 5.14. The zero-order chi connectivity index (χ0) is 12.3. The van der Waals surface area contributed by atoms with Crippen molar-refractivity contribution in [2.75, 3.05) is 19.6 Å². The minimum atomic E-state index is 0.516. The molecular weight excluding hydrogens is 212 g/mol. The van der Waals surface area contributed by atoms with Gasteiger partial charge < -0.3 is 11.1 Å². The summed E-state index contributed by atoms with van der Waals surface area (Å²) in [6, 6.07) is 1.12. The van der Waals surface area contributed by atoms with E-state index < -0.39 is 0 Å². The highest BCUT2D eigenvalue weighted by atomic mass is 15.2. The summed E-state index contributed by atoms with van der Waals surface area (Å²) in [5.41, 5.74) is 5.83. The zero-order valence-corrected chi connectivity index (χ0v) is 11.2. The Morgan fingerprint density at radius 2 is 2.00 bits per heavy atom. The van der Waals surface area contributed by atoms with E-state index in [-0.39, 0.29) is 0 Å². The average Bonchev–Trinajstić information content (AvgIpc) is 3.11. The molecule has 2 rings (SSSR count). The molecule has 2 aliphatic rings. The van der Waals surface area contributed by atoms with Crippen molar-refractivity contribution in [2.24, 2.45) is 16.6 Å². The molecule has 1 aliphatic heterocycles. The number of guanidine groups is 1. The van der Waals surface area contributed by atoms with Crippen LogP contribution in [-0.4, -0.2) is 42.6 Å². The second-order valence-electron chi connectivity index (χ2n) is 5.71. The van der Waals surface area contributed by atoms with E-state index in [1.807, 2.05) is 0 Å². The van der Waals surface area contributed by atoms with Gasteiger partial charge in [0.05, 0.1) is 6.54 Å². The third-order valence-electron chi connectivity index (χ3n) is 3.90. The fraction of sp³-hybridized carbons (Fsp3) is 0.923. The van der Waals surface area contributed by atoms with Crippen molar-refractivity contribution in [3.05, 3.63) is 0 Å². The molecule has 4 heteroatoms. The van der Waals surface area contributed by atoms with Gasteiger partial charge in [0.2, 0.25) is 0 Å². The van der Waals surface area contributed by atoms with Gasteiger partial charge in [-0.3, -0.25) is 9.89 Å². The van der Waals surface area contributed by atoms with Crippen molar-refractivity contribution < 1.29 is 0 Å². The number of piperidine rings is 1. The summed E-state index contributed by atoms with van der Waals surface area (Å²) in [4.78, 5) is 6.98. The van der Waals surface area contributed by atoms with E-state index in [4.69, 9.17) is 5.73 Å². The van der Waals surface area contributed by atoms with Crippen molar-refractivity contribution in [1.82, 2.24) is 10.2 Å². The first-order valence-electron chi connectivity index (χ1n) is 6.95. The van der Waals surface area contributed by atoms with Gasteiger partial charge in [-0.25, -0.2) is 0 Å². The van der Waals surface area contributed by atoms with Crippen LogP contribution in [-0.2, 0) is 0 Å². The summed E-state index contributed by atoms with van der Waals surface area (Å²) in [5, 5.41) is 3.23. The van der Waals surface area contributed by atoms with E-state index in [0.717, 1.165) is 12.5 Å². The highest BCUT2D eigenvalue weighted by Gasteiger charge is 2.22. The summed E-state index contributed by atoms with van der Waals surface area (Å²) in [5.74, 6) is 1.52. The minimum absolute atomic E-state index is 0.516. The van der Waals surface area contributed by atoms with Crippen LogP contribution in [0.25, 0.3) is 0 Å². The van der Waals surface area contributed by atoms with Crippen molar-refractivity contribution in [2.45, 2.75) is 51.6 Å². The fourth-order valence-corrected chi connectivity index (χ4v) is 2.30. The quantitative estimate of drug-likeness (QED) is 0.571. The van der Waals surface area contributed by atoms with Crippen LogP contribution < -0.4 is 11.1 Å². The Morgan fingerprint density at radius 3 is 2.59 bits per heavy atom. The molecule has 0 spiro atoms. The zero-order valence-electron chi connectivity index (χ0n) is 11.2. The molecule has 1 atom stereocenters. The summed E-state index contributed by atoms with van der Waals surface area (Å²) in [6.45, 7) is 7.85. The second-order valence-corrected chi connectivity index (χ2v) is 5.71. The van der Waals surface area contributed by atoms with Gasteiger partial charge in [0.25, 0.3) is 0 Å². The molecule has 0 aromatic heterocycles. The van der Waals surface area contributed by atoms with Crippen LogP contribution in [0, 0.1) is 5.92 Å². The lowest BCUT2D eigenvalue weighted by Crippen LogP contribution is -2.42. The standard InChI is InChI=1S/C13H26N4/c1-10-5-7-17(8-6-10)11(2)9-15-13(14)16-12-3-4-12/h10-12H,3-9H2,1-2H3,(H3,14,15,16)/t11-/m1/s1. The van der Waals surface area contributed by atoms with Gasteiger partial charge in [-0.1, -0.05) is 6.92 Å². The molecule has 0 aromatic carbocycles. The minimum Gasteiger partial charge on any atom is -0.370 e. The number of aliphatic imine (C=N–C) groups is 1. The average molecular weight is 238 g/mol. The third kappa shape index (κ3) is 4.19. The number of hydrogen-bond acceptors (Lipinski definition) is 2. The Bertz CT molecular complexity index is 265. The summed E-state index contributed by atoms with van der Waals surface area (Å²) in [7, 11) is 0. The molecule has 98 valence electrons. The van der Waals surface area contributed by atoms with Gasteiger partial charge in [-0.15, -0.1) is 0 Å². The molecule has 4 nitrogen and oxygen atoms in total. The normalized spacial score (nSPS) is 25.9. The maximum Gasteiger partial charge on any atom is 0.188 e. The van der Waals surface area contributed by atoms with Crippen LogP contribution in [0.1, 0.15) is 39.5 Å². The van der Waals surface area contributed by atoms with Crippen LogP contribution in [0.5, 0.6) is 0 Å². The van der Waals surface area contributed by atoms with Crippen molar-refractivity contribution in [1.29, 1.82) is 0 Å². The predicted molar refractivity (Wildman–Crippen MR) is 72.1 cm³/mol. The maximum atomic E-state index is 5.83. The molecule has 3 N–H and O–H groups in total. The van der Waals surface area contributed by atoms with Crippen LogP contribution in [0.4, 0.5) is 0 Å². The van der Waals surface area contributed by atoms with E-state index in [1.54, 1.807) is 0 Å². The third-order valence-corrected chi connectivity index (χ3v) is 3.90. The first-order valence-corrected chi connectivity index (χ1v) is 6.95. The molecule has 1 saturated heterocycles. The molecule has 1 saturated carbocycles. The highest BCUT2D eigenvalue weighted by molar-refractivity contribution is 5.78. The molecule has 1 aliphatic carbocycles. The Balaban J connectivity index is 1.70. The fourth-order valence-electron chi connectivity index (χ4n) is 2.30. The van der Waals surface area contributed by atoms with Crippen molar-refractivity contribution in [3.63, 3.8) is 0 Å². The van der Waals surface area contributed by atoms with Gasteiger partial charge >= 0.3 is 0 Å². The molecule has 17 heavy (non-hydrogen) atoms. The number of rotatable bonds is 4. The first-order chi connectivity index (χ1) is 8.15. The Hall–Kier alpha value is -0.770. The topological polar surface area (TPSA) is 53.6 Å². The van der Waals surface area contributed by atoms with Crippen molar-refractivity contribution >= 4 is 5.96 Å². The van der Waals surface area contributed by atoms with E-state index in [1.165, 1.54) is 38.8 Å². The number of likely N-dealkylation sites (tertiary alicyclic amines) is 1. The van der Waals surface area contributed by atoms with E-state index in [2.05, 4.69) is 29.1 Å². The lowest BCUT2D eigenvalue weighted by atomic mass is 9.98. The first kappa shape index (κ1) is 12.7. The highest BCUT2D eigenvalue weighted by Crippen LogP contribution is 2.19. The molecule has 2 fully saturated rings. The molecule has 1 heterocycles. The molecule has 0 radical (unpaired) electrons. The lowest BCUT2D eigenvalue weighted by molar-refractivity contribution is 0.150. The van der Waals surface area contributed by atoms with Crippen LogP contribution >= 0.6 is 0 Å². The molecular formula is C13H26N4. The maximum absolute atomic E-state index is 5.83. The van der Waals surface area contributed by atoms with Crippen LogP contribution in [0.15, 0.2) is 4.99 Å². The van der Waals surface area contributed by atoms with Crippen molar-refractivity contribution in [3.8, 4) is 0 Å². The number of nitrogens with zero attached hydrogens (tertiary/aromatic N) is 2. The molecule has 0 aromatic rings. The predicted octanol–water partition coefficient (Wildman–Crippen LogP) is 1.17. The summed E-state index contributed by atoms with van der Waals surface area (Å²) < 4.78 is 0. The van der Waals surface area contributed by atoms with Gasteiger partial charge in [-0.2, -0.15) is 0 Å². The van der Waals surface area contributed by atoms with Gasteiger partial charge in [0, 0.05) is 12.1 Å².